The van der Waals surface area contributed by atoms with Gasteiger partial charge in [0.1, 0.15) is 11.5 Å². The van der Waals surface area contributed by atoms with Gasteiger partial charge in [-0.15, -0.1) is 0 Å². The van der Waals surface area contributed by atoms with Crippen molar-refractivity contribution in [2.24, 2.45) is 5.73 Å². The smallest absolute Gasteiger partial charge is 0.250 e. The summed E-state index contributed by atoms with van der Waals surface area (Å²) in [5, 5.41) is 3.78. The Hall–Kier alpha value is -2.87. The van der Waals surface area contributed by atoms with Crippen LogP contribution in [0.5, 0.6) is 0 Å². The summed E-state index contributed by atoms with van der Waals surface area (Å²) in [7, 11) is 0. The monoisotopic (exact) mass is 340 g/mol. The van der Waals surface area contributed by atoms with Crippen molar-refractivity contribution in [3.63, 3.8) is 0 Å². The summed E-state index contributed by atoms with van der Waals surface area (Å²) in [6.45, 7) is 5.54. The summed E-state index contributed by atoms with van der Waals surface area (Å²) in [6.07, 6.45) is 1.72. The number of anilines is 2. The van der Waals surface area contributed by atoms with E-state index in [2.05, 4.69) is 24.6 Å². The van der Waals surface area contributed by atoms with Crippen molar-refractivity contribution in [2.75, 3.05) is 5.32 Å². The Morgan fingerprint density at radius 2 is 2.00 bits per heavy atom. The molecule has 0 aliphatic heterocycles. The highest BCUT2D eigenvalue weighted by Crippen LogP contribution is 2.25. The maximum Gasteiger partial charge on any atom is 0.250 e. The van der Waals surface area contributed by atoms with E-state index >= 15 is 0 Å². The van der Waals surface area contributed by atoms with Crippen LogP contribution in [0.4, 0.5) is 10.9 Å². The Labute approximate surface area is 143 Å². The zero-order chi connectivity index (χ0) is 17.3. The zero-order valence-electron chi connectivity index (χ0n) is 13.5. The summed E-state index contributed by atoms with van der Waals surface area (Å²) in [4.78, 5) is 24.6. The lowest BCUT2D eigenvalue weighted by molar-refractivity contribution is 0.0998. The molecular weight excluding hydrogens is 324 g/mol. The van der Waals surface area contributed by atoms with Gasteiger partial charge >= 0.3 is 0 Å². The van der Waals surface area contributed by atoms with Crippen molar-refractivity contribution in [1.29, 1.82) is 0 Å². The lowest BCUT2D eigenvalue weighted by Gasteiger charge is -2.07. The fourth-order valence-corrected chi connectivity index (χ4v) is 2.99. The van der Waals surface area contributed by atoms with Crippen molar-refractivity contribution in [3.05, 3.63) is 46.8 Å². The number of pyridine rings is 2. The topological polar surface area (TPSA) is 107 Å². The van der Waals surface area contributed by atoms with Gasteiger partial charge in [0.25, 0.3) is 5.91 Å². The maximum absolute atomic E-state index is 11.5. The Morgan fingerprint density at radius 3 is 2.67 bits per heavy atom. The SMILES string of the molecule is Cc1cccnc1Nc1nc(-c2cc(C)c(C(N)=O)c(C)n2)ns1. The molecule has 0 bridgehead atoms. The van der Waals surface area contributed by atoms with Crippen molar-refractivity contribution in [2.45, 2.75) is 20.8 Å². The van der Waals surface area contributed by atoms with Gasteiger partial charge in [0.2, 0.25) is 5.13 Å². The molecule has 8 heteroatoms. The Bertz CT molecular complexity index is 897. The molecule has 0 atom stereocenters. The molecule has 0 radical (unpaired) electrons. The van der Waals surface area contributed by atoms with Gasteiger partial charge in [-0.25, -0.2) is 9.97 Å². The van der Waals surface area contributed by atoms with E-state index in [1.54, 1.807) is 19.2 Å². The number of primary amides is 1. The third-order valence-electron chi connectivity index (χ3n) is 3.53. The Kier molecular flexibility index (Phi) is 4.22. The normalized spacial score (nSPS) is 10.6. The van der Waals surface area contributed by atoms with Crippen LogP contribution in [0.3, 0.4) is 0 Å². The lowest BCUT2D eigenvalue weighted by Crippen LogP contribution is -2.15. The molecule has 0 fully saturated rings. The number of hydrogen-bond acceptors (Lipinski definition) is 7. The van der Waals surface area contributed by atoms with Crippen LogP contribution in [0, 0.1) is 20.8 Å². The first kappa shape index (κ1) is 16.0. The van der Waals surface area contributed by atoms with E-state index in [4.69, 9.17) is 5.73 Å². The minimum absolute atomic E-state index is 0.441. The highest BCUT2D eigenvalue weighted by molar-refractivity contribution is 7.09. The number of hydrogen-bond donors (Lipinski definition) is 2. The number of carbonyl (C=O) groups is 1. The van der Waals surface area contributed by atoms with E-state index in [0.717, 1.165) is 16.9 Å². The molecule has 3 rings (SSSR count). The summed E-state index contributed by atoms with van der Waals surface area (Å²) >= 11 is 1.23. The first-order chi connectivity index (χ1) is 11.5. The average Bonchev–Trinajstić information content (AvgIpc) is 2.97. The molecule has 122 valence electrons. The van der Waals surface area contributed by atoms with Gasteiger partial charge in [0.15, 0.2) is 5.82 Å². The standard InChI is InChI=1S/C16H16N6OS/c1-8-5-4-6-18-14(8)20-16-21-15(22-24-16)11-7-9(2)12(13(17)23)10(3)19-11/h4-7H,1-3H3,(H2,17,23)(H,18,20,21,22). The molecule has 0 saturated heterocycles. The minimum Gasteiger partial charge on any atom is -0.366 e. The molecule has 0 spiro atoms. The number of aryl methyl sites for hydroxylation is 3. The van der Waals surface area contributed by atoms with Gasteiger partial charge in [0, 0.05) is 17.7 Å². The largest absolute Gasteiger partial charge is 0.366 e. The van der Waals surface area contributed by atoms with E-state index in [-0.39, 0.29) is 0 Å². The number of nitrogens with two attached hydrogens (primary N) is 1. The van der Waals surface area contributed by atoms with Gasteiger partial charge in [-0.05, 0) is 44.0 Å². The second-order valence-electron chi connectivity index (χ2n) is 5.37. The van der Waals surface area contributed by atoms with E-state index in [1.165, 1.54) is 11.5 Å². The second-order valence-corrected chi connectivity index (χ2v) is 6.12. The van der Waals surface area contributed by atoms with Gasteiger partial charge < -0.3 is 11.1 Å². The molecule has 0 aromatic carbocycles. The number of carbonyl (C=O) groups excluding carboxylic acids is 1. The molecule has 0 aliphatic rings. The van der Waals surface area contributed by atoms with Crippen LogP contribution in [-0.2, 0) is 0 Å². The van der Waals surface area contributed by atoms with Crippen molar-refractivity contribution >= 4 is 28.4 Å². The zero-order valence-corrected chi connectivity index (χ0v) is 14.3. The van der Waals surface area contributed by atoms with Crippen LogP contribution >= 0.6 is 11.5 Å². The van der Waals surface area contributed by atoms with E-state index in [0.29, 0.717) is 27.9 Å². The van der Waals surface area contributed by atoms with Crippen LogP contribution in [0.2, 0.25) is 0 Å². The van der Waals surface area contributed by atoms with Crippen molar-refractivity contribution in [1.82, 2.24) is 19.3 Å². The van der Waals surface area contributed by atoms with Gasteiger partial charge in [0.05, 0.1) is 11.3 Å². The average molecular weight is 340 g/mol. The van der Waals surface area contributed by atoms with Crippen LogP contribution in [-0.4, -0.2) is 25.2 Å². The van der Waals surface area contributed by atoms with Gasteiger partial charge in [-0.1, -0.05) is 6.07 Å². The predicted octanol–water partition coefficient (Wildman–Crippen LogP) is 2.76. The maximum atomic E-state index is 11.5. The molecule has 3 N–H and O–H groups in total. The molecular formula is C16H16N6OS. The molecule has 0 unspecified atom stereocenters. The van der Waals surface area contributed by atoms with Gasteiger partial charge in [-0.2, -0.15) is 9.36 Å². The number of nitrogens with one attached hydrogen (secondary N) is 1. The van der Waals surface area contributed by atoms with E-state index in [9.17, 15) is 4.79 Å². The van der Waals surface area contributed by atoms with Crippen LogP contribution in [0.15, 0.2) is 24.4 Å². The molecule has 24 heavy (non-hydrogen) atoms. The Balaban J connectivity index is 1.91. The van der Waals surface area contributed by atoms with Gasteiger partial charge in [-0.3, -0.25) is 4.79 Å². The predicted molar refractivity (Wildman–Crippen MR) is 93.4 cm³/mol. The molecule has 3 aromatic heterocycles. The molecule has 3 aromatic rings. The van der Waals surface area contributed by atoms with Crippen LogP contribution < -0.4 is 11.1 Å². The molecule has 0 saturated carbocycles. The Morgan fingerprint density at radius 1 is 1.21 bits per heavy atom. The quantitative estimate of drug-likeness (QED) is 0.756. The molecule has 7 nitrogen and oxygen atoms in total. The van der Waals surface area contributed by atoms with Crippen molar-refractivity contribution < 1.29 is 4.79 Å². The highest BCUT2D eigenvalue weighted by atomic mass is 32.1. The van der Waals surface area contributed by atoms with Crippen molar-refractivity contribution in [3.8, 4) is 11.5 Å². The molecule has 3 heterocycles. The summed E-state index contributed by atoms with van der Waals surface area (Å²) in [5.41, 5.74) is 8.78. The molecule has 0 aliphatic carbocycles. The third-order valence-corrected chi connectivity index (χ3v) is 4.16. The summed E-state index contributed by atoms with van der Waals surface area (Å²) in [6, 6.07) is 5.61. The van der Waals surface area contributed by atoms with Crippen LogP contribution in [0.1, 0.15) is 27.2 Å². The highest BCUT2D eigenvalue weighted by Gasteiger charge is 2.15. The second kappa shape index (κ2) is 6.32. The van der Waals surface area contributed by atoms with E-state index in [1.807, 2.05) is 26.0 Å². The number of nitrogens with zero attached hydrogens (tertiary/aromatic N) is 4. The van der Waals surface area contributed by atoms with Crippen LogP contribution in [0.25, 0.3) is 11.5 Å². The lowest BCUT2D eigenvalue weighted by atomic mass is 10.1. The number of aromatic nitrogens is 4. The van der Waals surface area contributed by atoms with E-state index < -0.39 is 5.91 Å². The minimum atomic E-state index is -0.483. The fourth-order valence-electron chi connectivity index (χ4n) is 2.41. The summed E-state index contributed by atoms with van der Waals surface area (Å²) < 4.78 is 4.33. The number of rotatable bonds is 4. The first-order valence-electron chi connectivity index (χ1n) is 7.26. The fraction of sp³-hybridized carbons (Fsp3) is 0.188. The molecule has 1 amide bonds. The number of amides is 1. The third kappa shape index (κ3) is 3.09. The first-order valence-corrected chi connectivity index (χ1v) is 8.04. The summed E-state index contributed by atoms with van der Waals surface area (Å²) in [5.74, 6) is 0.756.